The number of carbonyl (C=O) groups is 2. The van der Waals surface area contributed by atoms with Crippen molar-refractivity contribution in [3.05, 3.63) is 58.5 Å². The molecular weight excluding hydrogens is 465 g/mol. The predicted molar refractivity (Wildman–Crippen MR) is 119 cm³/mol. The maximum Gasteiger partial charge on any atom is 0.416 e. The normalized spacial score (nSPS) is 15.3. The van der Waals surface area contributed by atoms with Gasteiger partial charge in [0.25, 0.3) is 11.8 Å². The van der Waals surface area contributed by atoms with E-state index in [0.717, 1.165) is 12.1 Å². The first-order valence-corrected chi connectivity index (χ1v) is 10.3. The minimum atomic E-state index is -4.51. The number of halogens is 3. The van der Waals surface area contributed by atoms with Crippen molar-refractivity contribution < 1.29 is 32.2 Å². The van der Waals surface area contributed by atoms with Gasteiger partial charge in [-0.1, -0.05) is 36.1 Å². The molecule has 32 heavy (non-hydrogen) atoms. The highest BCUT2D eigenvalue weighted by molar-refractivity contribution is 8.26. The zero-order valence-corrected chi connectivity index (χ0v) is 18.5. The average molecular weight is 483 g/mol. The van der Waals surface area contributed by atoms with Crippen LogP contribution in [0.25, 0.3) is 6.08 Å². The summed E-state index contributed by atoms with van der Waals surface area (Å²) in [6.07, 6.45) is -2.85. The summed E-state index contributed by atoms with van der Waals surface area (Å²) in [4.78, 5) is 26.1. The fraction of sp³-hybridized carbons (Fsp3) is 0.190. The number of ether oxygens (including phenoxy) is 2. The number of nitrogens with zero attached hydrogens (tertiary/aromatic N) is 1. The van der Waals surface area contributed by atoms with E-state index in [0.29, 0.717) is 20.5 Å². The van der Waals surface area contributed by atoms with Crippen LogP contribution < -0.4 is 14.8 Å². The van der Waals surface area contributed by atoms with Crippen LogP contribution in [0.1, 0.15) is 11.1 Å². The largest absolute Gasteiger partial charge is 0.493 e. The second kappa shape index (κ2) is 9.61. The van der Waals surface area contributed by atoms with Crippen LogP contribution in [-0.4, -0.2) is 41.8 Å². The lowest BCUT2D eigenvalue weighted by Crippen LogP contribution is -2.22. The molecule has 2 amide bonds. The Morgan fingerprint density at radius 2 is 1.97 bits per heavy atom. The third-order valence-electron chi connectivity index (χ3n) is 4.30. The Morgan fingerprint density at radius 3 is 2.59 bits per heavy atom. The van der Waals surface area contributed by atoms with Crippen LogP contribution in [0.2, 0.25) is 0 Å². The number of anilines is 1. The molecular formula is C21H17F3N2O4S2. The van der Waals surface area contributed by atoms with Crippen LogP contribution >= 0.6 is 24.0 Å². The van der Waals surface area contributed by atoms with E-state index in [1.165, 1.54) is 35.9 Å². The Balaban J connectivity index is 1.66. The lowest BCUT2D eigenvalue weighted by Gasteiger charge is -2.12. The minimum absolute atomic E-state index is 0.00368. The molecule has 168 valence electrons. The van der Waals surface area contributed by atoms with Gasteiger partial charge in [-0.3, -0.25) is 14.5 Å². The van der Waals surface area contributed by atoms with Crippen LogP contribution in [0.4, 0.5) is 18.9 Å². The van der Waals surface area contributed by atoms with Crippen molar-refractivity contribution in [2.45, 2.75) is 6.18 Å². The van der Waals surface area contributed by atoms with Gasteiger partial charge in [0.2, 0.25) is 0 Å². The smallest absolute Gasteiger partial charge is 0.416 e. The van der Waals surface area contributed by atoms with Crippen LogP contribution in [0, 0.1) is 0 Å². The van der Waals surface area contributed by atoms with E-state index in [1.54, 1.807) is 31.3 Å². The van der Waals surface area contributed by atoms with Gasteiger partial charge in [-0.2, -0.15) is 13.2 Å². The second-order valence-electron chi connectivity index (χ2n) is 6.57. The fourth-order valence-electron chi connectivity index (χ4n) is 2.70. The number of hydrogen-bond donors (Lipinski definition) is 1. The lowest BCUT2D eigenvalue weighted by molar-refractivity contribution is -0.137. The molecule has 2 aromatic rings. The molecule has 1 heterocycles. The SMILES string of the molecule is COc1cc(/C=C2\SC(=S)N(C)C2=O)ccc1OCC(=O)Nc1cccc(C(F)(F)F)c1. The number of thiocarbonyl (C=S) groups is 1. The number of rotatable bonds is 6. The molecule has 0 bridgehead atoms. The summed E-state index contributed by atoms with van der Waals surface area (Å²) >= 11 is 6.29. The molecule has 0 radical (unpaired) electrons. The number of nitrogens with one attached hydrogen (secondary N) is 1. The maximum absolute atomic E-state index is 12.8. The van der Waals surface area contributed by atoms with Gasteiger partial charge < -0.3 is 14.8 Å². The lowest BCUT2D eigenvalue weighted by atomic mass is 10.2. The molecule has 1 N–H and O–H groups in total. The highest BCUT2D eigenvalue weighted by Crippen LogP contribution is 2.34. The molecule has 6 nitrogen and oxygen atoms in total. The van der Waals surface area contributed by atoms with Crippen molar-refractivity contribution in [3.8, 4) is 11.5 Å². The summed E-state index contributed by atoms with van der Waals surface area (Å²) in [7, 11) is 3.01. The number of likely N-dealkylation sites (N-methyl/N-ethyl adjacent to an activating group) is 1. The summed E-state index contributed by atoms with van der Waals surface area (Å²) in [5.41, 5.74) is -0.200. The molecule has 1 saturated heterocycles. The van der Waals surface area contributed by atoms with Gasteiger partial charge in [-0.15, -0.1) is 0 Å². The monoisotopic (exact) mass is 482 g/mol. The molecule has 2 aromatic carbocycles. The molecule has 0 atom stereocenters. The summed E-state index contributed by atoms with van der Waals surface area (Å²) in [6, 6.07) is 9.17. The van der Waals surface area contributed by atoms with Gasteiger partial charge in [0.1, 0.15) is 4.32 Å². The van der Waals surface area contributed by atoms with E-state index in [-0.39, 0.29) is 17.3 Å². The number of methoxy groups -OCH3 is 1. The van der Waals surface area contributed by atoms with Gasteiger partial charge >= 0.3 is 6.18 Å². The first kappa shape index (κ1) is 23.6. The Bertz CT molecular complexity index is 1100. The number of alkyl halides is 3. The molecule has 0 spiro atoms. The van der Waals surface area contributed by atoms with Crippen LogP contribution in [-0.2, 0) is 15.8 Å². The van der Waals surface area contributed by atoms with Crippen molar-refractivity contribution in [2.24, 2.45) is 0 Å². The van der Waals surface area contributed by atoms with Crippen molar-refractivity contribution in [1.29, 1.82) is 0 Å². The summed E-state index contributed by atoms with van der Waals surface area (Å²) in [5.74, 6) is -0.267. The predicted octanol–water partition coefficient (Wildman–Crippen LogP) is 4.56. The van der Waals surface area contributed by atoms with Crippen molar-refractivity contribution in [1.82, 2.24) is 4.90 Å². The van der Waals surface area contributed by atoms with Crippen molar-refractivity contribution in [3.63, 3.8) is 0 Å². The molecule has 0 aliphatic carbocycles. The topological polar surface area (TPSA) is 67.9 Å². The Labute approximate surface area is 191 Å². The Morgan fingerprint density at radius 1 is 1.22 bits per heavy atom. The van der Waals surface area contributed by atoms with Crippen LogP contribution in [0.15, 0.2) is 47.4 Å². The molecule has 0 saturated carbocycles. The Hall–Kier alpha value is -3.05. The van der Waals surface area contributed by atoms with Crippen molar-refractivity contribution >= 4 is 51.9 Å². The van der Waals surface area contributed by atoms with Gasteiger partial charge in [0.15, 0.2) is 18.1 Å². The number of amides is 2. The Kier molecular flexibility index (Phi) is 7.09. The zero-order valence-electron chi connectivity index (χ0n) is 16.9. The molecule has 0 aromatic heterocycles. The maximum atomic E-state index is 12.8. The molecule has 11 heteroatoms. The first-order chi connectivity index (χ1) is 15.1. The summed E-state index contributed by atoms with van der Waals surface area (Å²) in [6.45, 7) is -0.444. The van der Waals surface area contributed by atoms with Crippen molar-refractivity contribution in [2.75, 3.05) is 26.1 Å². The van der Waals surface area contributed by atoms with E-state index in [4.69, 9.17) is 21.7 Å². The minimum Gasteiger partial charge on any atom is -0.493 e. The van der Waals surface area contributed by atoms with Gasteiger partial charge in [-0.05, 0) is 42.0 Å². The number of carbonyl (C=O) groups excluding carboxylic acids is 2. The summed E-state index contributed by atoms with van der Waals surface area (Å²) < 4.78 is 49.6. The number of thioether (sulfide) groups is 1. The van der Waals surface area contributed by atoms with E-state index < -0.39 is 24.3 Å². The molecule has 0 unspecified atom stereocenters. The zero-order chi connectivity index (χ0) is 23.5. The molecule has 1 aliphatic rings. The van der Waals surface area contributed by atoms with Gasteiger partial charge in [0.05, 0.1) is 17.6 Å². The van der Waals surface area contributed by atoms with E-state index >= 15 is 0 Å². The van der Waals surface area contributed by atoms with E-state index in [2.05, 4.69) is 5.32 Å². The van der Waals surface area contributed by atoms with E-state index in [1.807, 2.05) is 0 Å². The molecule has 3 rings (SSSR count). The fourth-order valence-corrected chi connectivity index (χ4v) is 3.88. The van der Waals surface area contributed by atoms with Crippen LogP contribution in [0.5, 0.6) is 11.5 Å². The van der Waals surface area contributed by atoms with E-state index in [9.17, 15) is 22.8 Å². The van der Waals surface area contributed by atoms with Gasteiger partial charge in [0, 0.05) is 12.7 Å². The first-order valence-electron chi connectivity index (χ1n) is 9.08. The molecule has 1 aliphatic heterocycles. The number of benzene rings is 2. The molecule has 1 fully saturated rings. The third-order valence-corrected chi connectivity index (χ3v) is 5.79. The summed E-state index contributed by atoms with van der Waals surface area (Å²) in [5, 5.41) is 2.36. The van der Waals surface area contributed by atoms with Gasteiger partial charge in [-0.25, -0.2) is 0 Å². The number of hydrogen-bond acceptors (Lipinski definition) is 6. The quantitative estimate of drug-likeness (QED) is 0.481. The third kappa shape index (κ3) is 5.60. The standard InChI is InChI=1S/C21H17F3N2O4S2/c1-26-19(28)17(32-20(26)31)9-12-6-7-15(16(8-12)29-2)30-11-18(27)25-14-5-3-4-13(10-14)21(22,23)24/h3-10H,11H2,1-2H3,(H,25,27)/b17-9-. The highest BCUT2D eigenvalue weighted by Gasteiger charge is 2.30. The highest BCUT2D eigenvalue weighted by atomic mass is 32.2. The second-order valence-corrected chi connectivity index (χ2v) is 8.24. The average Bonchev–Trinajstić information content (AvgIpc) is 2.98. The van der Waals surface area contributed by atoms with Crippen LogP contribution in [0.3, 0.4) is 0 Å².